The topological polar surface area (TPSA) is 47.7 Å². The van der Waals surface area contributed by atoms with E-state index in [1.54, 1.807) is 0 Å². The second-order valence-electron chi connectivity index (χ2n) is 5.94. The fourth-order valence-electron chi connectivity index (χ4n) is 3.48. The van der Waals surface area contributed by atoms with E-state index in [1.807, 2.05) is 12.4 Å². The third kappa shape index (κ3) is 2.47. The summed E-state index contributed by atoms with van der Waals surface area (Å²) in [5.41, 5.74) is 3.92. The Kier molecular flexibility index (Phi) is 3.24. The molecule has 3 heterocycles. The molecule has 0 aliphatic carbocycles. The molecule has 1 aromatic carbocycles. The molecule has 1 atom stereocenters. The summed E-state index contributed by atoms with van der Waals surface area (Å²) in [6, 6.07) is 10.8. The number of nitrogens with zero attached hydrogens (tertiary/aromatic N) is 2. The van der Waals surface area contributed by atoms with Gasteiger partial charge in [0.15, 0.2) is 0 Å². The zero-order valence-electron chi connectivity index (χ0n) is 12.0. The second-order valence-corrected chi connectivity index (χ2v) is 5.94. The molecule has 0 unspecified atom stereocenters. The van der Waals surface area contributed by atoms with Crippen LogP contribution in [0.4, 0.5) is 0 Å². The second kappa shape index (κ2) is 5.37. The largest absolute Gasteiger partial charge is 0.361 e. The Bertz CT molecular complexity index is 713. The molecule has 4 nitrogen and oxygen atoms in total. The summed E-state index contributed by atoms with van der Waals surface area (Å²) >= 11 is 0. The SMILES string of the molecule is c1cc(CN2CCC[C@H](c3ccn[nH]3)C2)c2cc[nH]c2c1. The highest BCUT2D eigenvalue weighted by atomic mass is 15.1. The average molecular weight is 280 g/mol. The summed E-state index contributed by atoms with van der Waals surface area (Å²) in [5, 5.41) is 8.58. The predicted octanol–water partition coefficient (Wildman–Crippen LogP) is 3.27. The lowest BCUT2D eigenvalue weighted by atomic mass is 9.94. The van der Waals surface area contributed by atoms with Gasteiger partial charge in [0.1, 0.15) is 0 Å². The molecule has 21 heavy (non-hydrogen) atoms. The number of hydrogen-bond donors (Lipinski definition) is 2. The van der Waals surface area contributed by atoms with Crippen LogP contribution in [0.1, 0.15) is 30.0 Å². The number of fused-ring (bicyclic) bond motifs is 1. The molecule has 1 saturated heterocycles. The minimum atomic E-state index is 0.590. The molecular formula is C17H20N4. The van der Waals surface area contributed by atoms with E-state index in [0.717, 1.165) is 13.1 Å². The Morgan fingerprint density at radius 2 is 2.24 bits per heavy atom. The minimum Gasteiger partial charge on any atom is -0.361 e. The van der Waals surface area contributed by atoms with E-state index in [0.29, 0.717) is 5.92 Å². The smallest absolute Gasteiger partial charge is 0.0490 e. The van der Waals surface area contributed by atoms with Crippen molar-refractivity contribution in [1.82, 2.24) is 20.1 Å². The number of aromatic amines is 2. The van der Waals surface area contributed by atoms with Crippen molar-refractivity contribution in [3.63, 3.8) is 0 Å². The number of H-pyrrole nitrogens is 2. The molecule has 1 aliphatic rings. The monoisotopic (exact) mass is 280 g/mol. The van der Waals surface area contributed by atoms with Gasteiger partial charge in [-0.05, 0) is 43.1 Å². The van der Waals surface area contributed by atoms with E-state index >= 15 is 0 Å². The molecule has 0 bridgehead atoms. The summed E-state index contributed by atoms with van der Waals surface area (Å²) in [4.78, 5) is 5.86. The molecule has 4 rings (SSSR count). The highest BCUT2D eigenvalue weighted by Gasteiger charge is 2.22. The van der Waals surface area contributed by atoms with Crippen LogP contribution in [0.25, 0.3) is 10.9 Å². The molecule has 2 aromatic heterocycles. The lowest BCUT2D eigenvalue weighted by Gasteiger charge is -2.32. The summed E-state index contributed by atoms with van der Waals surface area (Å²) in [6.45, 7) is 3.33. The van der Waals surface area contributed by atoms with Gasteiger partial charge in [-0.25, -0.2) is 0 Å². The zero-order chi connectivity index (χ0) is 14.1. The number of piperidine rings is 1. The summed E-state index contributed by atoms with van der Waals surface area (Å²) in [7, 11) is 0. The highest BCUT2D eigenvalue weighted by Crippen LogP contribution is 2.27. The van der Waals surface area contributed by atoms with Crippen molar-refractivity contribution < 1.29 is 0 Å². The van der Waals surface area contributed by atoms with Crippen LogP contribution in [0.5, 0.6) is 0 Å². The van der Waals surface area contributed by atoms with E-state index in [-0.39, 0.29) is 0 Å². The predicted molar refractivity (Wildman–Crippen MR) is 84.1 cm³/mol. The number of aromatic nitrogens is 3. The van der Waals surface area contributed by atoms with Crippen LogP contribution in [0, 0.1) is 0 Å². The number of rotatable bonds is 3. The van der Waals surface area contributed by atoms with E-state index in [2.05, 4.69) is 50.4 Å². The third-order valence-electron chi connectivity index (χ3n) is 4.55. The van der Waals surface area contributed by atoms with Gasteiger partial charge in [-0.1, -0.05) is 12.1 Å². The molecule has 0 amide bonds. The van der Waals surface area contributed by atoms with Crippen LogP contribution in [0.15, 0.2) is 42.7 Å². The van der Waals surface area contributed by atoms with Crippen LogP contribution in [0.3, 0.4) is 0 Å². The van der Waals surface area contributed by atoms with Gasteiger partial charge in [0, 0.05) is 48.0 Å². The van der Waals surface area contributed by atoms with Gasteiger partial charge in [0.2, 0.25) is 0 Å². The van der Waals surface area contributed by atoms with Crippen LogP contribution in [0.2, 0.25) is 0 Å². The molecule has 1 fully saturated rings. The number of likely N-dealkylation sites (tertiary alicyclic amines) is 1. The van der Waals surface area contributed by atoms with Crippen molar-refractivity contribution in [2.45, 2.75) is 25.3 Å². The standard InChI is InChI=1S/C17H20N4/c1-3-13(15-6-8-18-17(15)5-1)11-21-10-2-4-14(12-21)16-7-9-19-20-16/h1,3,5-9,14,18H,2,4,10-12H2,(H,19,20)/t14-/m0/s1. The fourth-order valence-corrected chi connectivity index (χ4v) is 3.48. The molecule has 4 heteroatoms. The molecule has 0 spiro atoms. The molecule has 108 valence electrons. The maximum Gasteiger partial charge on any atom is 0.0490 e. The van der Waals surface area contributed by atoms with Crippen LogP contribution in [-0.2, 0) is 6.54 Å². The Hall–Kier alpha value is -2.07. The van der Waals surface area contributed by atoms with E-state index in [4.69, 9.17) is 0 Å². The number of benzene rings is 1. The van der Waals surface area contributed by atoms with Gasteiger partial charge in [-0.3, -0.25) is 10.00 Å². The zero-order valence-corrected chi connectivity index (χ0v) is 12.0. The Labute approximate surface area is 124 Å². The first kappa shape index (κ1) is 12.7. The van der Waals surface area contributed by atoms with Gasteiger partial charge < -0.3 is 4.98 Å². The first-order valence-electron chi connectivity index (χ1n) is 7.67. The Morgan fingerprint density at radius 1 is 1.24 bits per heavy atom. The normalized spacial score (nSPS) is 20.1. The van der Waals surface area contributed by atoms with E-state index in [1.165, 1.54) is 41.5 Å². The van der Waals surface area contributed by atoms with Gasteiger partial charge in [0.05, 0.1) is 0 Å². The van der Waals surface area contributed by atoms with Crippen LogP contribution in [-0.4, -0.2) is 33.2 Å². The quantitative estimate of drug-likeness (QED) is 0.773. The van der Waals surface area contributed by atoms with Crippen LogP contribution < -0.4 is 0 Å². The van der Waals surface area contributed by atoms with Gasteiger partial charge >= 0.3 is 0 Å². The van der Waals surface area contributed by atoms with Gasteiger partial charge in [-0.2, -0.15) is 5.10 Å². The van der Waals surface area contributed by atoms with E-state index < -0.39 is 0 Å². The molecule has 0 saturated carbocycles. The first-order chi connectivity index (χ1) is 10.4. The van der Waals surface area contributed by atoms with Crippen molar-refractivity contribution in [2.75, 3.05) is 13.1 Å². The fraction of sp³-hybridized carbons (Fsp3) is 0.353. The minimum absolute atomic E-state index is 0.590. The maximum atomic E-state index is 4.09. The van der Waals surface area contributed by atoms with Crippen molar-refractivity contribution in [3.05, 3.63) is 54.0 Å². The van der Waals surface area contributed by atoms with Crippen LogP contribution >= 0.6 is 0 Å². The molecule has 2 N–H and O–H groups in total. The number of nitrogens with one attached hydrogen (secondary N) is 2. The summed E-state index contributed by atoms with van der Waals surface area (Å²) < 4.78 is 0. The molecule has 0 radical (unpaired) electrons. The summed E-state index contributed by atoms with van der Waals surface area (Å²) in [6.07, 6.45) is 6.40. The Morgan fingerprint density at radius 3 is 3.14 bits per heavy atom. The van der Waals surface area contributed by atoms with Gasteiger partial charge in [-0.15, -0.1) is 0 Å². The Balaban J connectivity index is 1.53. The third-order valence-corrected chi connectivity index (χ3v) is 4.55. The van der Waals surface area contributed by atoms with Crippen molar-refractivity contribution >= 4 is 10.9 Å². The molecular weight excluding hydrogens is 260 g/mol. The molecule has 1 aliphatic heterocycles. The van der Waals surface area contributed by atoms with Gasteiger partial charge in [0.25, 0.3) is 0 Å². The van der Waals surface area contributed by atoms with Crippen molar-refractivity contribution in [1.29, 1.82) is 0 Å². The lowest BCUT2D eigenvalue weighted by molar-refractivity contribution is 0.199. The first-order valence-corrected chi connectivity index (χ1v) is 7.67. The van der Waals surface area contributed by atoms with Crippen molar-refractivity contribution in [2.24, 2.45) is 0 Å². The lowest BCUT2D eigenvalue weighted by Crippen LogP contribution is -2.34. The maximum absolute atomic E-state index is 4.09. The number of hydrogen-bond acceptors (Lipinski definition) is 2. The average Bonchev–Trinajstić information content (AvgIpc) is 3.20. The highest BCUT2D eigenvalue weighted by molar-refractivity contribution is 5.82. The van der Waals surface area contributed by atoms with Crippen molar-refractivity contribution in [3.8, 4) is 0 Å². The van der Waals surface area contributed by atoms with E-state index in [9.17, 15) is 0 Å². The molecule has 3 aromatic rings. The summed E-state index contributed by atoms with van der Waals surface area (Å²) in [5.74, 6) is 0.590.